The normalized spacial score (nSPS) is 10.0. The van der Waals surface area contributed by atoms with Gasteiger partial charge in [0, 0.05) is 7.05 Å². The lowest BCUT2D eigenvalue weighted by Gasteiger charge is -2.07. The fourth-order valence-electron chi connectivity index (χ4n) is 1.49. The minimum atomic E-state index is 0.565. The average Bonchev–Trinajstić information content (AvgIpc) is 2.30. The van der Waals surface area contributed by atoms with E-state index in [1.54, 1.807) is 12.1 Å². The van der Waals surface area contributed by atoms with Crippen molar-refractivity contribution in [2.75, 3.05) is 12.2 Å². The molecule has 2 aromatic rings. The van der Waals surface area contributed by atoms with E-state index in [1.165, 1.54) is 7.05 Å². The molecule has 2 rings (SSSR count). The third kappa shape index (κ3) is 2.15. The molecule has 76 valence electrons. The van der Waals surface area contributed by atoms with E-state index >= 15 is 0 Å². The summed E-state index contributed by atoms with van der Waals surface area (Å²) in [5, 5.41) is 0.606. The average molecular weight is 201 g/mol. The predicted molar refractivity (Wildman–Crippen MR) is 61.4 cm³/mol. The van der Waals surface area contributed by atoms with E-state index in [2.05, 4.69) is 0 Å². The summed E-state index contributed by atoms with van der Waals surface area (Å²) >= 11 is 0. The van der Waals surface area contributed by atoms with Crippen molar-refractivity contribution in [3.63, 3.8) is 0 Å². The van der Waals surface area contributed by atoms with Crippen LogP contribution in [0.2, 0.25) is 0 Å². The molecule has 0 fully saturated rings. The van der Waals surface area contributed by atoms with Crippen LogP contribution in [-0.4, -0.2) is 7.05 Å². The number of nitrogens with zero attached hydrogens (tertiary/aromatic N) is 1. The van der Waals surface area contributed by atoms with Gasteiger partial charge in [0.25, 0.3) is 0 Å². The zero-order valence-electron chi connectivity index (χ0n) is 8.52. The summed E-state index contributed by atoms with van der Waals surface area (Å²) in [5.41, 5.74) is 2.81. The Bertz CT molecular complexity index is 420. The lowest BCUT2D eigenvalue weighted by Crippen LogP contribution is -2.01. The minimum absolute atomic E-state index is 0.565. The molecule has 0 aliphatic rings. The highest BCUT2D eigenvalue weighted by Crippen LogP contribution is 2.22. The molecular weight excluding hydrogens is 189 g/mol. The van der Waals surface area contributed by atoms with E-state index in [0.717, 1.165) is 11.1 Å². The molecule has 0 atom stereocenters. The fraction of sp³-hybridized carbons (Fsp3) is 0.0769. The largest absolute Gasteiger partial charge is 0.215 e. The molecule has 2 heteroatoms. The third-order valence-electron chi connectivity index (χ3n) is 2.33. The first-order valence-electron chi connectivity index (χ1n) is 4.82. The topological polar surface area (TPSA) is 3.24 Å². The van der Waals surface area contributed by atoms with Crippen molar-refractivity contribution in [3.8, 4) is 11.1 Å². The highest BCUT2D eigenvalue weighted by molar-refractivity contribution is 5.65. The molecule has 0 N–H and O–H groups in total. The maximum atomic E-state index is 12.8. The van der Waals surface area contributed by atoms with Gasteiger partial charge in [0.1, 0.15) is 0 Å². The summed E-state index contributed by atoms with van der Waals surface area (Å²) < 4.78 is 12.8. The van der Waals surface area contributed by atoms with E-state index in [9.17, 15) is 4.48 Å². The number of hydrogen-bond donors (Lipinski definition) is 0. The van der Waals surface area contributed by atoms with Gasteiger partial charge in [0.2, 0.25) is 0 Å². The second kappa shape index (κ2) is 4.13. The van der Waals surface area contributed by atoms with Crippen LogP contribution in [0.4, 0.5) is 10.2 Å². The second-order valence-electron chi connectivity index (χ2n) is 3.39. The SMILES string of the molecule is CN(F)c1ccc(-c2ccccc2)cc1. The molecule has 2 aromatic carbocycles. The third-order valence-corrected chi connectivity index (χ3v) is 2.33. The smallest absolute Gasteiger partial charge is 0.0684 e. The molecule has 0 radical (unpaired) electrons. The first-order valence-corrected chi connectivity index (χ1v) is 4.82. The standard InChI is InChI=1S/C13H12FN/c1-15(14)13-9-7-12(8-10-13)11-5-3-2-4-6-11/h2-10H,1H3. The Morgan fingerprint density at radius 3 is 1.87 bits per heavy atom. The van der Waals surface area contributed by atoms with E-state index in [0.29, 0.717) is 10.8 Å². The number of anilines is 1. The van der Waals surface area contributed by atoms with Gasteiger partial charge in [-0.15, -0.1) is 4.48 Å². The summed E-state index contributed by atoms with van der Waals surface area (Å²) in [6.45, 7) is 0. The van der Waals surface area contributed by atoms with Gasteiger partial charge in [-0.25, -0.2) is 5.12 Å². The van der Waals surface area contributed by atoms with Crippen LogP contribution in [0.5, 0.6) is 0 Å². The van der Waals surface area contributed by atoms with Crippen LogP contribution < -0.4 is 5.12 Å². The monoisotopic (exact) mass is 201 g/mol. The van der Waals surface area contributed by atoms with Crippen LogP contribution in [0, 0.1) is 0 Å². The van der Waals surface area contributed by atoms with Gasteiger partial charge in [0.05, 0.1) is 5.69 Å². The van der Waals surface area contributed by atoms with Gasteiger partial charge >= 0.3 is 0 Å². The van der Waals surface area contributed by atoms with Crippen molar-refractivity contribution < 1.29 is 4.48 Å². The Balaban J connectivity index is 2.32. The first-order chi connectivity index (χ1) is 7.27. The first kappa shape index (κ1) is 9.71. The van der Waals surface area contributed by atoms with Crippen molar-refractivity contribution in [3.05, 3.63) is 54.6 Å². The zero-order chi connectivity index (χ0) is 10.7. The summed E-state index contributed by atoms with van der Waals surface area (Å²) in [6.07, 6.45) is 0. The molecule has 0 spiro atoms. The Hall–Kier alpha value is -1.83. The Morgan fingerprint density at radius 2 is 1.33 bits per heavy atom. The summed E-state index contributed by atoms with van der Waals surface area (Å²) in [4.78, 5) is 0. The summed E-state index contributed by atoms with van der Waals surface area (Å²) in [6, 6.07) is 17.4. The van der Waals surface area contributed by atoms with Crippen molar-refractivity contribution in [2.24, 2.45) is 0 Å². The Morgan fingerprint density at radius 1 is 0.800 bits per heavy atom. The van der Waals surface area contributed by atoms with Crippen LogP contribution in [0.15, 0.2) is 54.6 Å². The number of hydrogen-bond acceptors (Lipinski definition) is 1. The van der Waals surface area contributed by atoms with Crippen molar-refractivity contribution in [1.82, 2.24) is 0 Å². The van der Waals surface area contributed by atoms with Gasteiger partial charge in [-0.3, -0.25) is 0 Å². The molecule has 0 saturated carbocycles. The molecule has 0 aromatic heterocycles. The highest BCUT2D eigenvalue weighted by atomic mass is 19.2. The van der Waals surface area contributed by atoms with Gasteiger partial charge in [0.15, 0.2) is 0 Å². The maximum absolute atomic E-state index is 12.8. The fourth-order valence-corrected chi connectivity index (χ4v) is 1.49. The minimum Gasteiger partial charge on any atom is -0.215 e. The van der Waals surface area contributed by atoms with Gasteiger partial charge in [-0.05, 0) is 23.3 Å². The van der Waals surface area contributed by atoms with Crippen molar-refractivity contribution in [2.45, 2.75) is 0 Å². The second-order valence-corrected chi connectivity index (χ2v) is 3.39. The number of halogens is 1. The van der Waals surface area contributed by atoms with Crippen molar-refractivity contribution in [1.29, 1.82) is 0 Å². The van der Waals surface area contributed by atoms with Crippen molar-refractivity contribution >= 4 is 5.69 Å². The quantitative estimate of drug-likeness (QED) is 0.670. The van der Waals surface area contributed by atoms with E-state index in [4.69, 9.17) is 0 Å². The van der Waals surface area contributed by atoms with Crippen LogP contribution >= 0.6 is 0 Å². The number of benzene rings is 2. The van der Waals surface area contributed by atoms with E-state index < -0.39 is 0 Å². The maximum Gasteiger partial charge on any atom is 0.0684 e. The number of rotatable bonds is 2. The Labute approximate surface area is 88.7 Å². The van der Waals surface area contributed by atoms with Gasteiger partial charge in [-0.2, -0.15) is 0 Å². The molecule has 0 bridgehead atoms. The summed E-state index contributed by atoms with van der Waals surface area (Å²) in [5.74, 6) is 0. The molecule has 1 nitrogen and oxygen atoms in total. The predicted octanol–water partition coefficient (Wildman–Crippen LogP) is 3.67. The van der Waals surface area contributed by atoms with Crippen LogP contribution in [0.25, 0.3) is 11.1 Å². The van der Waals surface area contributed by atoms with E-state index in [1.807, 2.05) is 42.5 Å². The molecule has 0 saturated heterocycles. The van der Waals surface area contributed by atoms with Crippen LogP contribution in [-0.2, 0) is 0 Å². The molecule has 0 unspecified atom stereocenters. The molecular formula is C13H12FN. The Kier molecular flexibility index (Phi) is 2.68. The molecule has 15 heavy (non-hydrogen) atoms. The molecule has 0 aliphatic carbocycles. The van der Waals surface area contributed by atoms with Crippen LogP contribution in [0.1, 0.15) is 0 Å². The zero-order valence-corrected chi connectivity index (χ0v) is 8.52. The lowest BCUT2D eigenvalue weighted by molar-refractivity contribution is 0.476. The van der Waals surface area contributed by atoms with Gasteiger partial charge in [-0.1, -0.05) is 42.5 Å². The van der Waals surface area contributed by atoms with Crippen LogP contribution in [0.3, 0.4) is 0 Å². The summed E-state index contributed by atoms with van der Waals surface area (Å²) in [7, 11) is 1.39. The lowest BCUT2D eigenvalue weighted by atomic mass is 10.1. The molecule has 0 heterocycles. The van der Waals surface area contributed by atoms with Gasteiger partial charge < -0.3 is 0 Å². The van der Waals surface area contributed by atoms with E-state index in [-0.39, 0.29) is 0 Å². The highest BCUT2D eigenvalue weighted by Gasteiger charge is 1.99. The molecule has 0 aliphatic heterocycles. The molecule has 0 amide bonds.